The van der Waals surface area contributed by atoms with Crippen LogP contribution in [0.2, 0.25) is 0 Å². The van der Waals surface area contributed by atoms with Gasteiger partial charge in [-0.05, 0) is 31.2 Å². The number of aromatic nitrogens is 2. The highest BCUT2D eigenvalue weighted by Gasteiger charge is 2.14. The Bertz CT molecular complexity index is 916. The quantitative estimate of drug-likeness (QED) is 0.749. The zero-order valence-electron chi connectivity index (χ0n) is 15.0. The fraction of sp³-hybridized carbons (Fsp3) is 0.250. The summed E-state index contributed by atoms with van der Waals surface area (Å²) >= 11 is 1.36. The molecular formula is C20H20N4O2S. The number of nitrogens with one attached hydrogen (secondary N) is 1. The average molecular weight is 380 g/mol. The van der Waals surface area contributed by atoms with E-state index in [0.717, 1.165) is 42.6 Å². The van der Waals surface area contributed by atoms with E-state index in [2.05, 4.69) is 20.4 Å². The summed E-state index contributed by atoms with van der Waals surface area (Å²) < 4.78 is 5.37. The molecule has 0 unspecified atom stereocenters. The molecule has 0 aliphatic carbocycles. The monoisotopic (exact) mass is 380 g/mol. The Hall–Kier alpha value is -2.77. The fourth-order valence-corrected chi connectivity index (χ4v) is 3.65. The maximum Gasteiger partial charge on any atom is 0.257 e. The maximum absolute atomic E-state index is 12.5. The number of anilines is 2. The van der Waals surface area contributed by atoms with Crippen molar-refractivity contribution in [3.63, 3.8) is 0 Å². The summed E-state index contributed by atoms with van der Waals surface area (Å²) in [6.45, 7) is 5.27. The van der Waals surface area contributed by atoms with Gasteiger partial charge in [0.2, 0.25) is 5.13 Å². The molecule has 1 aromatic heterocycles. The Balaban J connectivity index is 1.42. The second-order valence-corrected chi connectivity index (χ2v) is 7.36. The molecule has 3 aromatic rings. The van der Waals surface area contributed by atoms with Crippen LogP contribution in [0.25, 0.3) is 10.6 Å². The van der Waals surface area contributed by atoms with Gasteiger partial charge in [-0.3, -0.25) is 10.1 Å². The number of carbonyl (C=O) groups is 1. The zero-order valence-corrected chi connectivity index (χ0v) is 15.8. The molecule has 2 aromatic carbocycles. The standard InChI is InChI=1S/C20H20N4O2S/c1-14-2-4-16(5-3-14)19-22-23-20(27-19)21-18(25)15-6-8-17(9-7-15)24-10-12-26-13-11-24/h2-9H,10-13H2,1H3,(H,21,23,25). The van der Waals surface area contributed by atoms with E-state index in [9.17, 15) is 4.79 Å². The van der Waals surface area contributed by atoms with E-state index in [1.807, 2.05) is 55.5 Å². The van der Waals surface area contributed by atoms with Crippen molar-refractivity contribution in [3.8, 4) is 10.6 Å². The molecule has 1 amide bonds. The number of hydrogen-bond donors (Lipinski definition) is 1. The third-order valence-corrected chi connectivity index (χ3v) is 5.34. The van der Waals surface area contributed by atoms with E-state index in [0.29, 0.717) is 10.7 Å². The van der Waals surface area contributed by atoms with Gasteiger partial charge in [0.1, 0.15) is 5.01 Å². The molecule has 0 bridgehead atoms. The lowest BCUT2D eigenvalue weighted by molar-refractivity contribution is 0.102. The molecule has 4 rings (SSSR count). The van der Waals surface area contributed by atoms with Crippen LogP contribution in [0.4, 0.5) is 10.8 Å². The first kappa shape index (κ1) is 17.6. The second kappa shape index (κ2) is 7.85. The van der Waals surface area contributed by atoms with Crippen LogP contribution in [-0.2, 0) is 4.74 Å². The molecular weight excluding hydrogens is 360 g/mol. The van der Waals surface area contributed by atoms with E-state index in [-0.39, 0.29) is 5.91 Å². The molecule has 1 fully saturated rings. The molecule has 7 heteroatoms. The summed E-state index contributed by atoms with van der Waals surface area (Å²) in [5, 5.41) is 12.4. The Labute approximate surface area is 161 Å². The summed E-state index contributed by atoms with van der Waals surface area (Å²) in [7, 11) is 0. The lowest BCUT2D eigenvalue weighted by atomic mass is 10.2. The first-order valence-corrected chi connectivity index (χ1v) is 9.65. The summed E-state index contributed by atoms with van der Waals surface area (Å²) in [5.74, 6) is -0.185. The summed E-state index contributed by atoms with van der Waals surface area (Å²) in [4.78, 5) is 14.7. The molecule has 138 valence electrons. The Morgan fingerprint density at radius 1 is 1.04 bits per heavy atom. The topological polar surface area (TPSA) is 67.4 Å². The highest BCUT2D eigenvalue weighted by Crippen LogP contribution is 2.27. The van der Waals surface area contributed by atoms with Gasteiger partial charge in [-0.25, -0.2) is 0 Å². The van der Waals surface area contributed by atoms with Gasteiger partial charge < -0.3 is 9.64 Å². The lowest BCUT2D eigenvalue weighted by Crippen LogP contribution is -2.36. The lowest BCUT2D eigenvalue weighted by Gasteiger charge is -2.28. The highest BCUT2D eigenvalue weighted by molar-refractivity contribution is 7.18. The van der Waals surface area contributed by atoms with Gasteiger partial charge in [-0.15, -0.1) is 10.2 Å². The van der Waals surface area contributed by atoms with E-state index in [1.165, 1.54) is 16.9 Å². The molecule has 27 heavy (non-hydrogen) atoms. The van der Waals surface area contributed by atoms with E-state index in [4.69, 9.17) is 4.74 Å². The largest absolute Gasteiger partial charge is 0.378 e. The molecule has 1 aliphatic rings. The van der Waals surface area contributed by atoms with Gasteiger partial charge in [0.25, 0.3) is 5.91 Å². The van der Waals surface area contributed by atoms with Crippen LogP contribution in [0.5, 0.6) is 0 Å². The maximum atomic E-state index is 12.5. The number of aryl methyl sites for hydroxylation is 1. The number of morpholine rings is 1. The van der Waals surface area contributed by atoms with Crippen LogP contribution in [0.15, 0.2) is 48.5 Å². The minimum absolute atomic E-state index is 0.185. The van der Waals surface area contributed by atoms with Crippen LogP contribution in [0, 0.1) is 6.92 Å². The molecule has 0 spiro atoms. The number of benzene rings is 2. The summed E-state index contributed by atoms with van der Waals surface area (Å²) in [6.07, 6.45) is 0. The van der Waals surface area contributed by atoms with Gasteiger partial charge in [-0.1, -0.05) is 41.2 Å². The minimum atomic E-state index is -0.185. The first-order valence-electron chi connectivity index (χ1n) is 8.84. The highest BCUT2D eigenvalue weighted by atomic mass is 32.1. The van der Waals surface area contributed by atoms with E-state index in [1.54, 1.807) is 0 Å². The molecule has 0 radical (unpaired) electrons. The Morgan fingerprint density at radius 2 is 1.74 bits per heavy atom. The van der Waals surface area contributed by atoms with Crippen LogP contribution >= 0.6 is 11.3 Å². The number of amides is 1. The van der Waals surface area contributed by atoms with Crippen molar-refractivity contribution < 1.29 is 9.53 Å². The van der Waals surface area contributed by atoms with Crippen molar-refractivity contribution in [1.29, 1.82) is 0 Å². The summed E-state index contributed by atoms with van der Waals surface area (Å²) in [5.41, 5.74) is 3.89. The molecule has 0 saturated carbocycles. The molecule has 1 aliphatic heterocycles. The minimum Gasteiger partial charge on any atom is -0.378 e. The van der Waals surface area contributed by atoms with Crippen molar-refractivity contribution in [1.82, 2.24) is 10.2 Å². The first-order chi connectivity index (χ1) is 13.2. The summed E-state index contributed by atoms with van der Waals surface area (Å²) in [6, 6.07) is 15.7. The van der Waals surface area contributed by atoms with Gasteiger partial charge in [-0.2, -0.15) is 0 Å². The second-order valence-electron chi connectivity index (χ2n) is 6.38. The van der Waals surface area contributed by atoms with Crippen molar-refractivity contribution >= 4 is 28.1 Å². The van der Waals surface area contributed by atoms with Crippen LogP contribution in [0.3, 0.4) is 0 Å². The third-order valence-electron chi connectivity index (χ3n) is 4.45. The molecule has 2 heterocycles. The molecule has 1 N–H and O–H groups in total. The van der Waals surface area contributed by atoms with Crippen molar-refractivity contribution in [2.24, 2.45) is 0 Å². The predicted octanol–water partition coefficient (Wildman–Crippen LogP) is 3.60. The van der Waals surface area contributed by atoms with Crippen molar-refractivity contribution in [3.05, 3.63) is 59.7 Å². The van der Waals surface area contributed by atoms with Gasteiger partial charge in [0.15, 0.2) is 0 Å². The smallest absolute Gasteiger partial charge is 0.257 e. The van der Waals surface area contributed by atoms with Gasteiger partial charge >= 0.3 is 0 Å². The zero-order chi connectivity index (χ0) is 18.6. The van der Waals surface area contributed by atoms with Gasteiger partial charge in [0, 0.05) is 29.9 Å². The average Bonchev–Trinajstić information content (AvgIpc) is 3.18. The molecule has 0 atom stereocenters. The van der Waals surface area contributed by atoms with E-state index < -0.39 is 0 Å². The van der Waals surface area contributed by atoms with Crippen LogP contribution in [-0.4, -0.2) is 42.4 Å². The Morgan fingerprint density at radius 3 is 2.44 bits per heavy atom. The number of rotatable bonds is 4. The van der Waals surface area contributed by atoms with Crippen LogP contribution in [0.1, 0.15) is 15.9 Å². The molecule has 6 nitrogen and oxygen atoms in total. The Kier molecular flexibility index (Phi) is 5.13. The fourth-order valence-electron chi connectivity index (χ4n) is 2.90. The number of ether oxygens (including phenoxy) is 1. The molecule has 1 saturated heterocycles. The van der Waals surface area contributed by atoms with Crippen molar-refractivity contribution in [2.45, 2.75) is 6.92 Å². The number of carbonyl (C=O) groups excluding carboxylic acids is 1. The van der Waals surface area contributed by atoms with Gasteiger partial charge in [0.05, 0.1) is 13.2 Å². The number of hydrogen-bond acceptors (Lipinski definition) is 6. The number of nitrogens with zero attached hydrogens (tertiary/aromatic N) is 3. The van der Waals surface area contributed by atoms with Crippen LogP contribution < -0.4 is 10.2 Å². The normalized spacial score (nSPS) is 14.2. The van der Waals surface area contributed by atoms with E-state index >= 15 is 0 Å². The SMILES string of the molecule is Cc1ccc(-c2nnc(NC(=O)c3ccc(N4CCOCC4)cc3)s2)cc1. The van der Waals surface area contributed by atoms with Crippen molar-refractivity contribution in [2.75, 3.05) is 36.5 Å². The third kappa shape index (κ3) is 4.15. The predicted molar refractivity (Wildman–Crippen MR) is 108 cm³/mol.